The minimum Gasteiger partial charge on any atom is -0.143 e. The summed E-state index contributed by atoms with van der Waals surface area (Å²) in [5.41, 5.74) is 18.3. The van der Waals surface area contributed by atoms with Crippen LogP contribution >= 0.6 is 12.6 Å². The Labute approximate surface area is 332 Å². The molecule has 1 aliphatic carbocycles. The van der Waals surface area contributed by atoms with Crippen molar-refractivity contribution in [2.75, 3.05) is 0 Å². The van der Waals surface area contributed by atoms with Gasteiger partial charge in [-0.25, -0.2) is 0 Å². The lowest BCUT2D eigenvalue weighted by Gasteiger charge is -2.24. The van der Waals surface area contributed by atoms with Crippen molar-refractivity contribution in [3.8, 4) is 77.9 Å². The summed E-state index contributed by atoms with van der Waals surface area (Å²) >= 11 is 4.91. The van der Waals surface area contributed by atoms with Crippen LogP contribution in [0.1, 0.15) is 5.56 Å². The second kappa shape index (κ2) is 13.0. The van der Waals surface area contributed by atoms with Gasteiger partial charge in [0.2, 0.25) is 0 Å². The maximum Gasteiger partial charge on any atom is 0.0119 e. The second-order valence-corrected chi connectivity index (χ2v) is 15.5. The molecule has 10 aromatic rings. The third-order valence-corrected chi connectivity index (χ3v) is 12.3. The van der Waals surface area contributed by atoms with Gasteiger partial charge in [0, 0.05) is 4.90 Å². The van der Waals surface area contributed by atoms with E-state index in [1.165, 1.54) is 110 Å². The summed E-state index contributed by atoms with van der Waals surface area (Å²) < 4.78 is 0. The molecule has 0 saturated heterocycles. The molecule has 0 amide bonds. The Balaban J connectivity index is 1.14. The zero-order chi connectivity index (χ0) is 37.3. The standard InChI is InChI=1S/C55H36S/c1-34-12-2-3-13-39(34)54-33-38(25-29-55(54)56)37-23-27-49-45-19-7-5-15-41(45)43-17-9-11-21-47(43)52-31-36(24-28-50(52)53(49)32-37)35-22-26-48-44-18-6-4-14-40(44)42-16-8-10-20-46(42)51(48)30-35/h2-33,56H,1H3. The Morgan fingerprint density at radius 3 is 1.12 bits per heavy atom. The van der Waals surface area contributed by atoms with Crippen LogP contribution in [0.15, 0.2) is 199 Å². The van der Waals surface area contributed by atoms with E-state index in [1.54, 1.807) is 0 Å². The SMILES string of the molecule is Cc1ccccc1-c1cc(-c2ccc3c(c2)-c2ccc(-c4ccc5c6ccccc6c6ccccc6c5c4)cc2-c2ccccc2-c2ccccc2-3)ccc1S. The summed E-state index contributed by atoms with van der Waals surface area (Å²) in [4.78, 5) is 0.979. The van der Waals surface area contributed by atoms with Crippen molar-refractivity contribution in [3.63, 3.8) is 0 Å². The van der Waals surface area contributed by atoms with Gasteiger partial charge in [0.1, 0.15) is 0 Å². The third kappa shape index (κ3) is 5.16. The molecule has 0 radical (unpaired) electrons. The lowest BCUT2D eigenvalue weighted by atomic mass is 9.79. The first-order chi connectivity index (χ1) is 27.6. The monoisotopic (exact) mass is 728 g/mol. The van der Waals surface area contributed by atoms with Crippen LogP contribution in [0.5, 0.6) is 0 Å². The molecular formula is C55H36S. The van der Waals surface area contributed by atoms with E-state index in [4.69, 9.17) is 12.6 Å². The molecule has 10 aromatic carbocycles. The van der Waals surface area contributed by atoms with E-state index < -0.39 is 0 Å². The van der Waals surface area contributed by atoms with E-state index in [9.17, 15) is 0 Å². The number of aryl methyl sites for hydroxylation is 1. The first-order valence-corrected chi connectivity index (χ1v) is 19.8. The molecule has 11 rings (SSSR count). The number of fused-ring (bicyclic) bond motifs is 14. The first-order valence-electron chi connectivity index (χ1n) is 19.3. The molecule has 1 heteroatoms. The minimum absolute atomic E-state index is 0.979. The van der Waals surface area contributed by atoms with Crippen LogP contribution in [0.25, 0.3) is 110 Å². The number of hydrogen-bond donors (Lipinski definition) is 1. The minimum atomic E-state index is 0.979. The molecule has 0 saturated carbocycles. The largest absolute Gasteiger partial charge is 0.143 e. The molecule has 0 atom stereocenters. The van der Waals surface area contributed by atoms with E-state index in [0.29, 0.717) is 0 Å². The summed E-state index contributed by atoms with van der Waals surface area (Å²) in [5, 5.41) is 7.74. The topological polar surface area (TPSA) is 0 Å². The van der Waals surface area contributed by atoms with Crippen LogP contribution in [-0.4, -0.2) is 0 Å². The Morgan fingerprint density at radius 2 is 0.589 bits per heavy atom. The van der Waals surface area contributed by atoms with E-state index in [0.717, 1.165) is 10.5 Å². The highest BCUT2D eigenvalue weighted by molar-refractivity contribution is 7.80. The van der Waals surface area contributed by atoms with Gasteiger partial charge in [-0.3, -0.25) is 0 Å². The fourth-order valence-electron chi connectivity index (χ4n) is 9.16. The van der Waals surface area contributed by atoms with Gasteiger partial charge in [0.25, 0.3) is 0 Å². The normalized spacial score (nSPS) is 11.8. The van der Waals surface area contributed by atoms with Crippen LogP contribution in [-0.2, 0) is 0 Å². The molecule has 262 valence electrons. The maximum absolute atomic E-state index is 4.91. The molecule has 0 N–H and O–H groups in total. The van der Waals surface area contributed by atoms with Gasteiger partial charge in [-0.15, -0.1) is 12.6 Å². The Bertz CT molecular complexity index is 3190. The van der Waals surface area contributed by atoms with Crippen LogP contribution in [0.4, 0.5) is 0 Å². The molecule has 56 heavy (non-hydrogen) atoms. The van der Waals surface area contributed by atoms with Gasteiger partial charge in [-0.2, -0.15) is 0 Å². The van der Waals surface area contributed by atoms with Crippen molar-refractivity contribution in [2.45, 2.75) is 11.8 Å². The first kappa shape index (κ1) is 32.7. The average Bonchev–Trinajstić information content (AvgIpc) is 3.26. The quantitative estimate of drug-likeness (QED) is 0.136. The van der Waals surface area contributed by atoms with Gasteiger partial charge >= 0.3 is 0 Å². The van der Waals surface area contributed by atoms with Gasteiger partial charge in [0.05, 0.1) is 0 Å². The Kier molecular flexibility index (Phi) is 7.59. The maximum atomic E-state index is 4.91. The van der Waals surface area contributed by atoms with Crippen molar-refractivity contribution in [1.82, 2.24) is 0 Å². The van der Waals surface area contributed by atoms with Gasteiger partial charge in [-0.1, -0.05) is 164 Å². The average molecular weight is 729 g/mol. The third-order valence-electron chi connectivity index (χ3n) is 11.9. The Hall–Kier alpha value is -6.67. The van der Waals surface area contributed by atoms with Gasteiger partial charge < -0.3 is 0 Å². The van der Waals surface area contributed by atoms with Gasteiger partial charge in [-0.05, 0) is 153 Å². The molecule has 0 bridgehead atoms. The summed E-state index contributed by atoms with van der Waals surface area (Å²) in [6, 6.07) is 71.8. The predicted molar refractivity (Wildman–Crippen MR) is 243 cm³/mol. The zero-order valence-corrected chi connectivity index (χ0v) is 31.8. The van der Waals surface area contributed by atoms with Crippen molar-refractivity contribution in [1.29, 1.82) is 0 Å². The summed E-state index contributed by atoms with van der Waals surface area (Å²) in [6.07, 6.45) is 0. The number of benzene rings is 10. The fraction of sp³-hybridized carbons (Fsp3) is 0.0182. The molecule has 1 aliphatic rings. The fourth-order valence-corrected chi connectivity index (χ4v) is 9.42. The molecule has 0 fully saturated rings. The van der Waals surface area contributed by atoms with Crippen LogP contribution < -0.4 is 0 Å². The van der Waals surface area contributed by atoms with E-state index in [-0.39, 0.29) is 0 Å². The van der Waals surface area contributed by atoms with Crippen LogP contribution in [0.3, 0.4) is 0 Å². The van der Waals surface area contributed by atoms with Gasteiger partial charge in [0.15, 0.2) is 0 Å². The predicted octanol–water partition coefficient (Wildman–Crippen LogP) is 15.7. The summed E-state index contributed by atoms with van der Waals surface area (Å²) in [6.45, 7) is 2.17. The molecule has 0 spiro atoms. The molecule has 0 aliphatic heterocycles. The van der Waals surface area contributed by atoms with Crippen molar-refractivity contribution < 1.29 is 0 Å². The highest BCUT2D eigenvalue weighted by atomic mass is 32.1. The summed E-state index contributed by atoms with van der Waals surface area (Å²) in [7, 11) is 0. The smallest absolute Gasteiger partial charge is 0.0119 e. The molecule has 0 heterocycles. The molecule has 0 aromatic heterocycles. The second-order valence-electron chi connectivity index (χ2n) is 15.0. The van der Waals surface area contributed by atoms with E-state index in [1.807, 2.05) is 0 Å². The van der Waals surface area contributed by atoms with Crippen LogP contribution in [0.2, 0.25) is 0 Å². The zero-order valence-electron chi connectivity index (χ0n) is 30.9. The van der Waals surface area contributed by atoms with E-state index >= 15 is 0 Å². The molecule has 0 nitrogen and oxygen atoms in total. The van der Waals surface area contributed by atoms with E-state index in [2.05, 4.69) is 201 Å². The number of rotatable bonds is 3. The van der Waals surface area contributed by atoms with Crippen molar-refractivity contribution >= 4 is 44.9 Å². The number of thiol groups is 1. The number of hydrogen-bond acceptors (Lipinski definition) is 1. The molecular weight excluding hydrogens is 693 g/mol. The van der Waals surface area contributed by atoms with Crippen molar-refractivity contribution in [2.24, 2.45) is 0 Å². The van der Waals surface area contributed by atoms with Crippen LogP contribution in [0, 0.1) is 6.92 Å². The Morgan fingerprint density at radius 1 is 0.250 bits per heavy atom. The summed E-state index contributed by atoms with van der Waals surface area (Å²) in [5.74, 6) is 0. The van der Waals surface area contributed by atoms with Crippen molar-refractivity contribution in [3.05, 3.63) is 200 Å². The highest BCUT2D eigenvalue weighted by Crippen LogP contribution is 2.50. The molecule has 0 unspecified atom stereocenters. The lowest BCUT2D eigenvalue weighted by molar-refractivity contribution is 1.40. The lowest BCUT2D eigenvalue weighted by Crippen LogP contribution is -1.98. The highest BCUT2D eigenvalue weighted by Gasteiger charge is 2.23.